The lowest BCUT2D eigenvalue weighted by Crippen LogP contribution is -2.27. The first-order valence-electron chi connectivity index (χ1n) is 8.85. The van der Waals surface area contributed by atoms with Crippen LogP contribution in [0.5, 0.6) is 0 Å². The average Bonchev–Trinajstić information content (AvgIpc) is 3.04. The Bertz CT molecular complexity index is 847. The molecule has 0 spiro atoms. The van der Waals surface area contributed by atoms with Crippen molar-refractivity contribution in [2.75, 3.05) is 30.9 Å². The van der Waals surface area contributed by atoms with Gasteiger partial charge in [0.05, 0.1) is 30.1 Å². The number of benzene rings is 2. The lowest BCUT2D eigenvalue weighted by atomic mass is 10.00. The number of fused-ring (bicyclic) bond motifs is 1. The van der Waals surface area contributed by atoms with Crippen LogP contribution < -0.4 is 4.90 Å². The number of rotatable bonds is 6. The Balaban J connectivity index is 1.78. The summed E-state index contributed by atoms with van der Waals surface area (Å²) >= 11 is 1.78. The normalized spacial score (nSPS) is 13.3. The van der Waals surface area contributed by atoms with Crippen molar-refractivity contribution >= 4 is 35.3 Å². The topological polar surface area (TPSA) is 35.9 Å². The second-order valence-electron chi connectivity index (χ2n) is 6.63. The molecule has 0 saturated carbocycles. The van der Waals surface area contributed by atoms with Crippen LogP contribution >= 0.6 is 11.8 Å². The largest absolute Gasteiger partial charge is 0.366 e. The molecular formula is C21H25N3OS. The smallest absolute Gasteiger partial charge is 0.182 e. The van der Waals surface area contributed by atoms with Gasteiger partial charge in [-0.3, -0.25) is 4.79 Å². The Hall–Kier alpha value is -2.27. The zero-order valence-electron chi connectivity index (χ0n) is 15.8. The van der Waals surface area contributed by atoms with Gasteiger partial charge in [-0.15, -0.1) is 11.8 Å². The highest BCUT2D eigenvalue weighted by Gasteiger charge is 2.22. The predicted octanol–water partition coefficient (Wildman–Crippen LogP) is 4.67. The number of anilines is 1. The quantitative estimate of drug-likeness (QED) is 0.422. The van der Waals surface area contributed by atoms with Crippen LogP contribution in [0, 0.1) is 13.8 Å². The van der Waals surface area contributed by atoms with Crippen LogP contribution in [0.3, 0.4) is 0 Å². The van der Waals surface area contributed by atoms with Gasteiger partial charge < -0.3 is 9.80 Å². The van der Waals surface area contributed by atoms with Gasteiger partial charge in [0.25, 0.3) is 0 Å². The van der Waals surface area contributed by atoms with E-state index in [4.69, 9.17) is 0 Å². The number of hydrogen-bond donors (Lipinski definition) is 0. The monoisotopic (exact) mass is 367 g/mol. The fourth-order valence-corrected chi connectivity index (χ4v) is 3.97. The third-order valence-electron chi connectivity index (χ3n) is 4.65. The van der Waals surface area contributed by atoms with Crippen molar-refractivity contribution in [1.82, 2.24) is 4.90 Å². The van der Waals surface area contributed by atoms with Crippen LogP contribution in [0.25, 0.3) is 0 Å². The minimum atomic E-state index is 0.157. The maximum absolute atomic E-state index is 12.9. The summed E-state index contributed by atoms with van der Waals surface area (Å²) in [7, 11) is 2.00. The van der Waals surface area contributed by atoms with E-state index in [2.05, 4.69) is 28.9 Å². The second kappa shape index (κ2) is 7.96. The van der Waals surface area contributed by atoms with Crippen molar-refractivity contribution in [2.45, 2.75) is 25.7 Å². The fraction of sp³-hybridized carbons (Fsp3) is 0.333. The van der Waals surface area contributed by atoms with E-state index in [9.17, 15) is 4.79 Å². The van der Waals surface area contributed by atoms with Gasteiger partial charge in [0.1, 0.15) is 0 Å². The van der Waals surface area contributed by atoms with E-state index in [0.29, 0.717) is 6.54 Å². The molecule has 0 fully saturated rings. The standard InChI is InChI=1S/C21H25N3OS/c1-5-23(4)13-22-18-11-15(2)17(10-16(18)3)20(25)12-24-14-26-21-9-7-6-8-19(21)24/h6-11,13H,5,12,14H2,1-4H3/b22-13-. The summed E-state index contributed by atoms with van der Waals surface area (Å²) in [6.45, 7) is 7.40. The summed E-state index contributed by atoms with van der Waals surface area (Å²) in [5.41, 5.74) is 4.87. The van der Waals surface area contributed by atoms with Crippen molar-refractivity contribution in [1.29, 1.82) is 0 Å². The van der Waals surface area contributed by atoms with Gasteiger partial charge in [-0.1, -0.05) is 12.1 Å². The summed E-state index contributed by atoms with van der Waals surface area (Å²) in [4.78, 5) is 22.9. The molecule has 4 nitrogen and oxygen atoms in total. The summed E-state index contributed by atoms with van der Waals surface area (Å²) in [5.74, 6) is 0.985. The molecule has 2 aromatic rings. The number of carbonyl (C=O) groups excluding carboxylic acids is 1. The maximum Gasteiger partial charge on any atom is 0.182 e. The lowest BCUT2D eigenvalue weighted by Gasteiger charge is -2.18. The molecule has 0 N–H and O–H groups in total. The molecule has 0 saturated heterocycles. The lowest BCUT2D eigenvalue weighted by molar-refractivity contribution is 0.0999. The number of aryl methyl sites for hydroxylation is 2. The van der Waals surface area contributed by atoms with E-state index in [1.54, 1.807) is 11.8 Å². The molecule has 0 radical (unpaired) electrons. The molecule has 3 rings (SSSR count). The highest BCUT2D eigenvalue weighted by Crippen LogP contribution is 2.38. The number of hydrogen-bond acceptors (Lipinski definition) is 4. The first-order valence-corrected chi connectivity index (χ1v) is 9.83. The van der Waals surface area contributed by atoms with Gasteiger partial charge >= 0.3 is 0 Å². The third-order valence-corrected chi connectivity index (χ3v) is 5.75. The Morgan fingerprint density at radius 2 is 2.04 bits per heavy atom. The molecule has 1 aliphatic heterocycles. The van der Waals surface area contributed by atoms with Crippen molar-refractivity contribution in [3.05, 3.63) is 53.1 Å². The van der Waals surface area contributed by atoms with Crippen molar-refractivity contribution in [2.24, 2.45) is 4.99 Å². The Morgan fingerprint density at radius 3 is 2.81 bits per heavy atom. The summed E-state index contributed by atoms with van der Waals surface area (Å²) in [5, 5.41) is 0. The fourth-order valence-electron chi connectivity index (χ4n) is 2.93. The number of para-hydroxylation sites is 1. The molecule has 0 aromatic heterocycles. The maximum atomic E-state index is 12.9. The van der Waals surface area contributed by atoms with E-state index in [0.717, 1.165) is 40.5 Å². The van der Waals surface area contributed by atoms with Gasteiger partial charge in [-0.25, -0.2) is 4.99 Å². The van der Waals surface area contributed by atoms with E-state index in [1.807, 2.05) is 56.4 Å². The van der Waals surface area contributed by atoms with Gasteiger partial charge in [0.15, 0.2) is 5.78 Å². The van der Waals surface area contributed by atoms with E-state index in [1.165, 1.54) is 4.90 Å². The van der Waals surface area contributed by atoms with E-state index >= 15 is 0 Å². The van der Waals surface area contributed by atoms with Crippen LogP contribution in [0.15, 0.2) is 46.3 Å². The third kappa shape index (κ3) is 3.93. The predicted molar refractivity (Wildman–Crippen MR) is 111 cm³/mol. The molecule has 136 valence electrons. The van der Waals surface area contributed by atoms with Crippen molar-refractivity contribution in [3.8, 4) is 0 Å². The molecule has 26 heavy (non-hydrogen) atoms. The molecule has 1 heterocycles. The molecule has 0 bridgehead atoms. The molecule has 0 aliphatic carbocycles. The minimum Gasteiger partial charge on any atom is -0.366 e. The van der Waals surface area contributed by atoms with Gasteiger partial charge in [-0.05, 0) is 56.2 Å². The Kier molecular flexibility index (Phi) is 5.67. The average molecular weight is 368 g/mol. The number of ketones is 1. The van der Waals surface area contributed by atoms with E-state index in [-0.39, 0.29) is 5.78 Å². The van der Waals surface area contributed by atoms with Gasteiger partial charge in [0.2, 0.25) is 0 Å². The molecule has 1 aliphatic rings. The highest BCUT2D eigenvalue weighted by molar-refractivity contribution is 7.99. The molecule has 5 heteroatoms. The van der Waals surface area contributed by atoms with Crippen LogP contribution in [-0.4, -0.2) is 43.0 Å². The molecule has 0 unspecified atom stereocenters. The van der Waals surface area contributed by atoms with Crippen LogP contribution in [0.4, 0.5) is 11.4 Å². The molecule has 0 amide bonds. The van der Waals surface area contributed by atoms with E-state index < -0.39 is 0 Å². The van der Waals surface area contributed by atoms with Gasteiger partial charge in [0, 0.05) is 24.1 Å². The second-order valence-corrected chi connectivity index (χ2v) is 7.62. The number of Topliss-reactive ketones (excluding diaryl/α,β-unsaturated/α-hetero) is 1. The van der Waals surface area contributed by atoms with Crippen molar-refractivity contribution < 1.29 is 4.79 Å². The molecular weight excluding hydrogens is 342 g/mol. The van der Waals surface area contributed by atoms with Crippen LogP contribution in [0.2, 0.25) is 0 Å². The summed E-state index contributed by atoms with van der Waals surface area (Å²) in [6, 6.07) is 12.3. The summed E-state index contributed by atoms with van der Waals surface area (Å²) in [6.07, 6.45) is 1.83. The molecule has 0 atom stereocenters. The van der Waals surface area contributed by atoms with Crippen LogP contribution in [0.1, 0.15) is 28.4 Å². The van der Waals surface area contributed by atoms with Gasteiger partial charge in [-0.2, -0.15) is 0 Å². The Labute approximate surface area is 159 Å². The number of carbonyl (C=O) groups is 1. The van der Waals surface area contributed by atoms with Crippen LogP contribution in [-0.2, 0) is 0 Å². The molecule has 2 aromatic carbocycles. The zero-order chi connectivity index (χ0) is 18.7. The number of aliphatic imine (C=N–C) groups is 1. The SMILES string of the molecule is CCN(C)/C=N\c1cc(C)c(C(=O)CN2CSc3ccccc32)cc1C. The number of nitrogens with zero attached hydrogens (tertiary/aromatic N) is 3. The minimum absolute atomic E-state index is 0.157. The van der Waals surface area contributed by atoms with Crippen molar-refractivity contribution in [3.63, 3.8) is 0 Å². The first-order chi connectivity index (χ1) is 12.5. The highest BCUT2D eigenvalue weighted by atomic mass is 32.2. The Morgan fingerprint density at radius 1 is 1.27 bits per heavy atom. The number of thioether (sulfide) groups is 1. The first kappa shape index (κ1) is 18.5. The zero-order valence-corrected chi connectivity index (χ0v) is 16.6. The summed E-state index contributed by atoms with van der Waals surface area (Å²) < 4.78 is 0.